The summed E-state index contributed by atoms with van der Waals surface area (Å²) in [6, 6.07) is 2.96. The minimum atomic E-state index is -0.595. The van der Waals surface area contributed by atoms with Gasteiger partial charge in [0.15, 0.2) is 0 Å². The minimum absolute atomic E-state index is 0.277. The van der Waals surface area contributed by atoms with E-state index in [1.165, 1.54) is 24.5 Å². The van der Waals surface area contributed by atoms with Gasteiger partial charge in [-0.05, 0) is 12.1 Å². The maximum atomic E-state index is 11.1. The average molecular weight is 184 g/mol. The Morgan fingerprint density at radius 1 is 1.33 bits per heavy atom. The fourth-order valence-electron chi connectivity index (χ4n) is 0.725. The number of hydrogen-bond acceptors (Lipinski definition) is 3. The lowest BCUT2D eigenvalue weighted by molar-refractivity contribution is -0.112. The number of rotatable bonds is 3. The van der Waals surface area contributed by atoms with E-state index in [0.29, 0.717) is 5.56 Å². The number of alkyl halides is 1. The van der Waals surface area contributed by atoms with Crippen molar-refractivity contribution in [3.63, 3.8) is 0 Å². The molecule has 1 aromatic rings. The van der Waals surface area contributed by atoms with Crippen LogP contribution in [0.5, 0.6) is 0 Å². The van der Waals surface area contributed by atoms with E-state index in [9.17, 15) is 9.59 Å². The predicted octanol–water partition coefficient (Wildman–Crippen LogP) is 1.07. The van der Waals surface area contributed by atoms with Crippen LogP contribution in [0.1, 0.15) is 10.4 Å². The van der Waals surface area contributed by atoms with Gasteiger partial charge in [0.2, 0.25) is 11.6 Å². The van der Waals surface area contributed by atoms with Gasteiger partial charge in [0, 0.05) is 18.0 Å². The van der Waals surface area contributed by atoms with Gasteiger partial charge in [-0.15, -0.1) is 11.6 Å². The van der Waals surface area contributed by atoms with Crippen molar-refractivity contribution in [1.82, 2.24) is 4.98 Å². The van der Waals surface area contributed by atoms with Crippen LogP contribution in [0.4, 0.5) is 0 Å². The zero-order valence-electron chi connectivity index (χ0n) is 6.16. The van der Waals surface area contributed by atoms with Crippen molar-refractivity contribution in [3.8, 4) is 0 Å². The molecule has 0 unspecified atom stereocenters. The highest BCUT2D eigenvalue weighted by molar-refractivity contribution is 6.51. The van der Waals surface area contributed by atoms with Crippen molar-refractivity contribution in [3.05, 3.63) is 30.1 Å². The van der Waals surface area contributed by atoms with Crippen molar-refractivity contribution >= 4 is 23.2 Å². The average Bonchev–Trinajstić information content (AvgIpc) is 2.17. The van der Waals surface area contributed by atoms with Crippen LogP contribution in [0.25, 0.3) is 0 Å². The van der Waals surface area contributed by atoms with Crippen molar-refractivity contribution in [2.45, 2.75) is 0 Å². The number of carbonyl (C=O) groups is 2. The highest BCUT2D eigenvalue weighted by Gasteiger charge is 2.13. The molecule has 4 heteroatoms. The van der Waals surface area contributed by atoms with Crippen LogP contribution in [0.15, 0.2) is 24.5 Å². The lowest BCUT2D eigenvalue weighted by atomic mass is 10.1. The van der Waals surface area contributed by atoms with Crippen molar-refractivity contribution in [2.24, 2.45) is 0 Å². The van der Waals surface area contributed by atoms with Crippen LogP contribution in [0.2, 0.25) is 0 Å². The van der Waals surface area contributed by atoms with Crippen LogP contribution in [-0.2, 0) is 4.79 Å². The first kappa shape index (κ1) is 8.87. The van der Waals surface area contributed by atoms with Crippen molar-refractivity contribution < 1.29 is 9.59 Å². The van der Waals surface area contributed by atoms with Crippen LogP contribution in [-0.4, -0.2) is 22.4 Å². The van der Waals surface area contributed by atoms with E-state index in [-0.39, 0.29) is 5.88 Å². The van der Waals surface area contributed by atoms with Gasteiger partial charge in [0.25, 0.3) is 0 Å². The SMILES string of the molecule is O=C(CCl)C(=O)c1ccncc1. The molecule has 0 atom stereocenters. The topological polar surface area (TPSA) is 47.0 Å². The summed E-state index contributed by atoms with van der Waals surface area (Å²) in [5.74, 6) is -1.43. The number of hydrogen-bond donors (Lipinski definition) is 0. The molecular formula is C8H6ClNO2. The zero-order valence-corrected chi connectivity index (χ0v) is 6.91. The molecule has 0 aromatic carbocycles. The van der Waals surface area contributed by atoms with E-state index in [1.54, 1.807) is 0 Å². The second-order valence-corrected chi connectivity index (χ2v) is 2.39. The molecule has 0 aliphatic heterocycles. The predicted molar refractivity (Wildman–Crippen MR) is 44.3 cm³/mol. The Balaban J connectivity index is 2.86. The molecule has 1 heterocycles. The molecule has 0 saturated carbocycles. The van der Waals surface area contributed by atoms with Gasteiger partial charge in [-0.2, -0.15) is 0 Å². The Kier molecular flexibility index (Phi) is 2.94. The van der Waals surface area contributed by atoms with Crippen LogP contribution in [0.3, 0.4) is 0 Å². The summed E-state index contributed by atoms with van der Waals surface area (Å²) in [4.78, 5) is 25.6. The van der Waals surface area contributed by atoms with Gasteiger partial charge < -0.3 is 0 Å². The number of nitrogens with zero attached hydrogens (tertiary/aromatic N) is 1. The third-order valence-corrected chi connectivity index (χ3v) is 1.56. The summed E-state index contributed by atoms with van der Waals surface area (Å²) in [6.07, 6.45) is 2.91. The minimum Gasteiger partial charge on any atom is -0.289 e. The second kappa shape index (κ2) is 3.97. The number of Topliss-reactive ketones (excluding diaryl/α,β-unsaturated/α-hetero) is 2. The molecule has 0 bridgehead atoms. The Bertz CT molecular complexity index is 297. The summed E-state index contributed by atoms with van der Waals surface area (Å²) in [5, 5.41) is 0. The first-order chi connectivity index (χ1) is 5.75. The fourth-order valence-corrected chi connectivity index (χ4v) is 0.846. The molecule has 0 radical (unpaired) electrons. The molecule has 0 saturated heterocycles. The van der Waals surface area contributed by atoms with Gasteiger partial charge in [-0.1, -0.05) is 0 Å². The normalized spacial score (nSPS) is 9.42. The summed E-state index contributed by atoms with van der Waals surface area (Å²) in [7, 11) is 0. The number of halogens is 1. The Labute approximate surface area is 74.4 Å². The summed E-state index contributed by atoms with van der Waals surface area (Å²) >= 11 is 5.21. The van der Waals surface area contributed by atoms with E-state index in [2.05, 4.69) is 4.98 Å². The van der Waals surface area contributed by atoms with Crippen LogP contribution >= 0.6 is 11.6 Å². The van der Waals surface area contributed by atoms with Gasteiger partial charge in [0.1, 0.15) is 0 Å². The number of aromatic nitrogens is 1. The Morgan fingerprint density at radius 2 is 1.92 bits per heavy atom. The van der Waals surface area contributed by atoms with E-state index < -0.39 is 11.6 Å². The molecule has 62 valence electrons. The molecule has 0 fully saturated rings. The third-order valence-electron chi connectivity index (χ3n) is 1.32. The third kappa shape index (κ3) is 1.89. The standard InChI is InChI=1S/C8H6ClNO2/c9-5-7(11)8(12)6-1-3-10-4-2-6/h1-4H,5H2. The number of ketones is 2. The summed E-state index contributed by atoms with van der Waals surface area (Å²) in [6.45, 7) is 0. The largest absolute Gasteiger partial charge is 0.289 e. The molecule has 3 nitrogen and oxygen atoms in total. The molecular weight excluding hydrogens is 178 g/mol. The van der Waals surface area contributed by atoms with E-state index in [1.807, 2.05) is 0 Å². The molecule has 0 spiro atoms. The first-order valence-electron chi connectivity index (χ1n) is 3.29. The number of carbonyl (C=O) groups excluding carboxylic acids is 2. The molecule has 0 N–H and O–H groups in total. The Morgan fingerprint density at radius 3 is 2.42 bits per heavy atom. The maximum absolute atomic E-state index is 11.1. The van der Waals surface area contributed by atoms with E-state index in [0.717, 1.165) is 0 Å². The fraction of sp³-hybridized carbons (Fsp3) is 0.125. The monoisotopic (exact) mass is 183 g/mol. The Hall–Kier alpha value is -1.22. The molecule has 0 aliphatic carbocycles. The van der Waals surface area contributed by atoms with Crippen molar-refractivity contribution in [1.29, 1.82) is 0 Å². The number of pyridine rings is 1. The second-order valence-electron chi connectivity index (χ2n) is 2.12. The van der Waals surface area contributed by atoms with Gasteiger partial charge in [-0.3, -0.25) is 14.6 Å². The van der Waals surface area contributed by atoms with Gasteiger partial charge >= 0.3 is 0 Å². The van der Waals surface area contributed by atoms with Gasteiger partial charge in [0.05, 0.1) is 5.88 Å². The van der Waals surface area contributed by atoms with Crippen LogP contribution < -0.4 is 0 Å². The molecule has 0 amide bonds. The highest BCUT2D eigenvalue weighted by Crippen LogP contribution is 1.99. The summed E-state index contributed by atoms with van der Waals surface area (Å²) < 4.78 is 0. The molecule has 12 heavy (non-hydrogen) atoms. The van der Waals surface area contributed by atoms with Gasteiger partial charge in [-0.25, -0.2) is 0 Å². The quantitative estimate of drug-likeness (QED) is 0.400. The lowest BCUT2D eigenvalue weighted by Crippen LogP contribution is -2.15. The highest BCUT2D eigenvalue weighted by atomic mass is 35.5. The zero-order chi connectivity index (χ0) is 8.97. The van der Waals surface area contributed by atoms with Crippen LogP contribution in [0, 0.1) is 0 Å². The molecule has 1 rings (SSSR count). The molecule has 1 aromatic heterocycles. The smallest absolute Gasteiger partial charge is 0.229 e. The van der Waals surface area contributed by atoms with E-state index >= 15 is 0 Å². The lowest BCUT2D eigenvalue weighted by Gasteiger charge is -1.94. The summed E-state index contributed by atoms with van der Waals surface area (Å²) in [5.41, 5.74) is 0.329. The maximum Gasteiger partial charge on any atom is 0.229 e. The first-order valence-corrected chi connectivity index (χ1v) is 3.82. The molecule has 0 aliphatic rings. The van der Waals surface area contributed by atoms with E-state index in [4.69, 9.17) is 11.6 Å². The van der Waals surface area contributed by atoms with Crippen molar-refractivity contribution in [2.75, 3.05) is 5.88 Å².